The molecule has 3 aliphatic rings. The van der Waals surface area contributed by atoms with Crippen molar-refractivity contribution in [1.29, 1.82) is 0 Å². The van der Waals surface area contributed by atoms with Crippen LogP contribution in [0.15, 0.2) is 0 Å². The molecular formula is C20H32O4. The molecule has 0 bridgehead atoms. The number of carbonyl (C=O) groups is 2. The number of esters is 1. The highest BCUT2D eigenvalue weighted by molar-refractivity contribution is 6.01. The third-order valence-electron chi connectivity index (χ3n) is 7.16. The Hall–Kier alpha value is -0.900. The maximum atomic E-state index is 12.5. The highest BCUT2D eigenvalue weighted by atomic mass is 16.5. The number of rotatable bonds is 1. The standard InChI is InChI=1S/C20H32O4/c1-12-7-8-13(21)5-3-4-6-15-14(12)9-10-16-17(15)11-18(22)19(16)20(23)24-2/h12-17,19,21H,3-11H2,1-2H3/t12-,13-,14+,15+,16-,17-,19+/m1/s1. The summed E-state index contributed by atoms with van der Waals surface area (Å²) in [5, 5.41) is 10.1. The monoisotopic (exact) mass is 336 g/mol. The smallest absolute Gasteiger partial charge is 0.316 e. The van der Waals surface area contributed by atoms with E-state index in [9.17, 15) is 14.7 Å². The van der Waals surface area contributed by atoms with Gasteiger partial charge in [0.25, 0.3) is 0 Å². The lowest BCUT2D eigenvalue weighted by Crippen LogP contribution is -2.39. The van der Waals surface area contributed by atoms with Gasteiger partial charge in [-0.3, -0.25) is 9.59 Å². The molecule has 0 unspecified atom stereocenters. The zero-order valence-electron chi connectivity index (χ0n) is 15.1. The summed E-state index contributed by atoms with van der Waals surface area (Å²) in [4.78, 5) is 24.6. The first-order valence-electron chi connectivity index (χ1n) is 9.81. The molecule has 0 aromatic rings. The number of hydrogen-bond acceptors (Lipinski definition) is 4. The van der Waals surface area contributed by atoms with Gasteiger partial charge < -0.3 is 9.84 Å². The Morgan fingerprint density at radius 1 is 0.958 bits per heavy atom. The molecule has 0 saturated heterocycles. The lowest BCUT2D eigenvalue weighted by Gasteiger charge is -2.44. The summed E-state index contributed by atoms with van der Waals surface area (Å²) < 4.78 is 4.92. The number of hydrogen-bond donors (Lipinski definition) is 1. The van der Waals surface area contributed by atoms with Gasteiger partial charge in [-0.25, -0.2) is 0 Å². The van der Waals surface area contributed by atoms with Gasteiger partial charge in [-0.15, -0.1) is 0 Å². The predicted molar refractivity (Wildman–Crippen MR) is 91.2 cm³/mol. The summed E-state index contributed by atoms with van der Waals surface area (Å²) in [6.45, 7) is 2.32. The zero-order chi connectivity index (χ0) is 17.3. The van der Waals surface area contributed by atoms with Gasteiger partial charge in [-0.1, -0.05) is 19.8 Å². The molecule has 0 aromatic heterocycles. The van der Waals surface area contributed by atoms with Crippen molar-refractivity contribution in [2.75, 3.05) is 7.11 Å². The average molecular weight is 336 g/mol. The molecule has 7 atom stereocenters. The molecule has 3 rings (SSSR count). The van der Waals surface area contributed by atoms with Crippen LogP contribution in [0.4, 0.5) is 0 Å². The van der Waals surface area contributed by atoms with Crippen molar-refractivity contribution >= 4 is 11.8 Å². The minimum atomic E-state index is -0.506. The summed E-state index contributed by atoms with van der Waals surface area (Å²) in [6.07, 6.45) is 8.75. The fourth-order valence-corrected chi connectivity index (χ4v) is 5.90. The first kappa shape index (κ1) is 17.9. The summed E-state index contributed by atoms with van der Waals surface area (Å²) in [7, 11) is 1.39. The minimum absolute atomic E-state index is 0.109. The van der Waals surface area contributed by atoms with Crippen LogP contribution in [0, 0.1) is 35.5 Å². The van der Waals surface area contributed by atoms with Gasteiger partial charge in [-0.05, 0) is 68.1 Å². The first-order chi connectivity index (χ1) is 11.5. The largest absolute Gasteiger partial charge is 0.468 e. The Labute approximate surface area is 145 Å². The summed E-state index contributed by atoms with van der Waals surface area (Å²) >= 11 is 0. The van der Waals surface area contributed by atoms with Gasteiger partial charge in [0.2, 0.25) is 0 Å². The second-order valence-electron chi connectivity index (χ2n) is 8.40. The van der Waals surface area contributed by atoms with E-state index in [0.29, 0.717) is 30.1 Å². The van der Waals surface area contributed by atoms with Crippen LogP contribution in [0.5, 0.6) is 0 Å². The maximum absolute atomic E-state index is 12.5. The van der Waals surface area contributed by atoms with Crippen LogP contribution in [0.3, 0.4) is 0 Å². The minimum Gasteiger partial charge on any atom is -0.468 e. The Kier molecular flexibility index (Phi) is 5.63. The summed E-state index contributed by atoms with van der Waals surface area (Å²) in [6, 6.07) is 0. The van der Waals surface area contributed by atoms with E-state index in [1.54, 1.807) is 0 Å². The number of Topliss-reactive ketones (excluding diaryl/α,β-unsaturated/α-hetero) is 1. The normalized spacial score (nSPS) is 43.6. The third kappa shape index (κ3) is 3.40. The number of aliphatic hydroxyl groups excluding tert-OH is 1. The maximum Gasteiger partial charge on any atom is 0.316 e. The molecule has 1 N–H and O–H groups in total. The molecule has 4 heteroatoms. The molecule has 4 nitrogen and oxygen atoms in total. The first-order valence-corrected chi connectivity index (χ1v) is 9.81. The van der Waals surface area contributed by atoms with E-state index in [4.69, 9.17) is 4.74 Å². The fraction of sp³-hybridized carbons (Fsp3) is 0.900. The van der Waals surface area contributed by atoms with Gasteiger partial charge >= 0.3 is 5.97 Å². The number of ketones is 1. The van der Waals surface area contributed by atoms with Crippen molar-refractivity contribution < 1.29 is 19.4 Å². The molecule has 0 aliphatic heterocycles. The molecule has 0 aromatic carbocycles. The van der Waals surface area contributed by atoms with Crippen LogP contribution in [0.1, 0.15) is 64.7 Å². The lowest BCUT2D eigenvalue weighted by molar-refractivity contribution is -0.150. The van der Waals surface area contributed by atoms with E-state index in [2.05, 4.69) is 6.92 Å². The van der Waals surface area contributed by atoms with Gasteiger partial charge in [0.1, 0.15) is 11.7 Å². The molecule has 0 radical (unpaired) electrons. The average Bonchev–Trinajstić information content (AvgIpc) is 2.91. The van der Waals surface area contributed by atoms with Gasteiger partial charge in [-0.2, -0.15) is 0 Å². The second-order valence-corrected chi connectivity index (χ2v) is 8.40. The number of aliphatic hydroxyl groups is 1. The Bertz CT molecular complexity index is 474. The molecule has 136 valence electrons. The fourth-order valence-electron chi connectivity index (χ4n) is 5.90. The molecular weight excluding hydrogens is 304 g/mol. The van der Waals surface area contributed by atoms with E-state index in [-0.39, 0.29) is 23.8 Å². The molecule has 24 heavy (non-hydrogen) atoms. The second kappa shape index (κ2) is 7.55. The van der Waals surface area contributed by atoms with E-state index >= 15 is 0 Å². The van der Waals surface area contributed by atoms with E-state index in [0.717, 1.165) is 51.4 Å². The highest BCUT2D eigenvalue weighted by Crippen LogP contribution is 2.53. The van der Waals surface area contributed by atoms with Crippen molar-refractivity contribution in [2.24, 2.45) is 35.5 Å². The van der Waals surface area contributed by atoms with Gasteiger partial charge in [0.05, 0.1) is 13.2 Å². The summed E-state index contributed by atoms with van der Waals surface area (Å²) in [5.41, 5.74) is 0. The van der Waals surface area contributed by atoms with Gasteiger partial charge in [0, 0.05) is 6.42 Å². The van der Waals surface area contributed by atoms with E-state index < -0.39 is 5.92 Å². The van der Waals surface area contributed by atoms with Crippen molar-refractivity contribution in [3.05, 3.63) is 0 Å². The van der Waals surface area contributed by atoms with E-state index in [1.165, 1.54) is 7.11 Å². The lowest BCUT2D eigenvalue weighted by atomic mass is 9.61. The van der Waals surface area contributed by atoms with Crippen LogP contribution in [0.2, 0.25) is 0 Å². The quantitative estimate of drug-likeness (QED) is 0.589. The number of fused-ring (bicyclic) bond motifs is 3. The van der Waals surface area contributed by atoms with Crippen LogP contribution >= 0.6 is 0 Å². The summed E-state index contributed by atoms with van der Waals surface area (Å²) in [5.74, 6) is 1.65. The molecule has 0 amide bonds. The highest BCUT2D eigenvalue weighted by Gasteiger charge is 2.53. The van der Waals surface area contributed by atoms with Crippen molar-refractivity contribution in [1.82, 2.24) is 0 Å². The molecule has 3 saturated carbocycles. The van der Waals surface area contributed by atoms with E-state index in [1.807, 2.05) is 0 Å². The Morgan fingerprint density at radius 3 is 2.42 bits per heavy atom. The molecule has 0 spiro atoms. The van der Waals surface area contributed by atoms with Crippen LogP contribution in [-0.4, -0.2) is 30.1 Å². The molecule has 3 aliphatic carbocycles. The topological polar surface area (TPSA) is 63.6 Å². The Morgan fingerprint density at radius 2 is 1.67 bits per heavy atom. The number of carbonyl (C=O) groups excluding carboxylic acids is 2. The molecule has 3 fully saturated rings. The van der Waals surface area contributed by atoms with Crippen LogP contribution in [-0.2, 0) is 14.3 Å². The van der Waals surface area contributed by atoms with Gasteiger partial charge in [0.15, 0.2) is 0 Å². The molecule has 0 heterocycles. The van der Waals surface area contributed by atoms with Crippen molar-refractivity contribution in [3.8, 4) is 0 Å². The van der Waals surface area contributed by atoms with Crippen molar-refractivity contribution in [2.45, 2.75) is 70.8 Å². The zero-order valence-corrected chi connectivity index (χ0v) is 15.1. The third-order valence-corrected chi connectivity index (χ3v) is 7.16. The Balaban J connectivity index is 1.78. The SMILES string of the molecule is COC(=O)[C@@H]1C(=O)C[C@@H]2[C@H]3CCCC[C@@H](O)CC[C@@H](C)[C@@H]3CC[C@@H]12. The van der Waals surface area contributed by atoms with Crippen molar-refractivity contribution in [3.63, 3.8) is 0 Å². The number of methoxy groups -OCH3 is 1. The van der Waals surface area contributed by atoms with Crippen LogP contribution < -0.4 is 0 Å². The van der Waals surface area contributed by atoms with Crippen LogP contribution in [0.25, 0.3) is 0 Å². The number of ether oxygens (including phenoxy) is 1. The predicted octanol–water partition coefficient (Wildman–Crippen LogP) is 3.36.